The Kier molecular flexibility index (Phi) is 5.43. The van der Waals surface area contributed by atoms with Gasteiger partial charge in [-0.1, -0.05) is 18.2 Å². The van der Waals surface area contributed by atoms with E-state index in [1.54, 1.807) is 24.3 Å². The Morgan fingerprint density at radius 2 is 1.94 bits per heavy atom. The van der Waals surface area contributed by atoms with Crippen LogP contribution in [0, 0.1) is 4.91 Å². The number of carbonyl (C=O) groups is 1. The van der Waals surface area contributed by atoms with E-state index in [1.165, 1.54) is 18.7 Å². The summed E-state index contributed by atoms with van der Waals surface area (Å²) in [5.74, 6) is 0.822. The first-order valence-corrected chi connectivity index (χ1v) is 10.7. The van der Waals surface area contributed by atoms with E-state index in [9.17, 15) is 14.8 Å². The molecular formula is C25H23N3O5. The summed E-state index contributed by atoms with van der Waals surface area (Å²) in [4.78, 5) is 26.3. The van der Waals surface area contributed by atoms with E-state index in [2.05, 4.69) is 16.6 Å². The van der Waals surface area contributed by atoms with Gasteiger partial charge in [-0.3, -0.25) is 4.79 Å². The van der Waals surface area contributed by atoms with Crippen LogP contribution in [0.3, 0.4) is 0 Å². The molecule has 0 spiro atoms. The molecule has 0 saturated carbocycles. The number of benzene rings is 3. The average molecular weight is 445 g/mol. The number of fused-ring (bicyclic) bond motifs is 4. The largest absolute Gasteiger partial charge is 0.493 e. The van der Waals surface area contributed by atoms with Gasteiger partial charge in [0.15, 0.2) is 11.5 Å². The zero-order valence-electron chi connectivity index (χ0n) is 18.1. The van der Waals surface area contributed by atoms with Gasteiger partial charge in [-0.15, -0.1) is 4.91 Å². The van der Waals surface area contributed by atoms with Crippen LogP contribution < -0.4 is 19.7 Å². The first-order chi connectivity index (χ1) is 16.1. The molecule has 2 N–H and O–H groups in total. The fourth-order valence-corrected chi connectivity index (χ4v) is 4.54. The maximum Gasteiger partial charge on any atom is 0.260 e. The third-order valence-corrected chi connectivity index (χ3v) is 6.07. The molecule has 0 aromatic heterocycles. The van der Waals surface area contributed by atoms with Crippen molar-refractivity contribution in [3.05, 3.63) is 81.8 Å². The molecule has 168 valence electrons. The topological polar surface area (TPSA) is 100 Å². The van der Waals surface area contributed by atoms with Crippen molar-refractivity contribution in [1.82, 2.24) is 0 Å². The second-order valence-electron chi connectivity index (χ2n) is 8.14. The lowest BCUT2D eigenvalue weighted by atomic mass is 10.1. The van der Waals surface area contributed by atoms with Gasteiger partial charge in [-0.05, 0) is 58.6 Å². The Labute approximate surface area is 190 Å². The van der Waals surface area contributed by atoms with Crippen LogP contribution in [0.1, 0.15) is 27.0 Å². The average Bonchev–Trinajstić information content (AvgIpc) is 3.17. The molecule has 5 rings (SSSR count). The maximum atomic E-state index is 13.5. The molecule has 0 unspecified atom stereocenters. The number of rotatable bonds is 6. The van der Waals surface area contributed by atoms with Crippen molar-refractivity contribution in [3.63, 3.8) is 0 Å². The van der Waals surface area contributed by atoms with Gasteiger partial charge in [0.25, 0.3) is 5.91 Å². The van der Waals surface area contributed by atoms with E-state index in [4.69, 9.17) is 9.47 Å². The predicted octanol–water partition coefficient (Wildman–Crippen LogP) is 4.16. The molecule has 0 saturated heterocycles. The lowest BCUT2D eigenvalue weighted by Gasteiger charge is -2.22. The molecule has 3 aromatic rings. The number of anilines is 2. The van der Waals surface area contributed by atoms with Crippen LogP contribution in [0.5, 0.6) is 11.5 Å². The number of aliphatic hydroxyl groups is 1. The number of hydrogen-bond donors (Lipinski definition) is 2. The number of hydrogen-bond acceptors (Lipinski definition) is 7. The first kappa shape index (κ1) is 21.0. The molecule has 2 aliphatic heterocycles. The molecule has 3 aromatic carbocycles. The predicted molar refractivity (Wildman–Crippen MR) is 124 cm³/mol. The Hall–Kier alpha value is -3.91. The fourth-order valence-electron chi connectivity index (χ4n) is 4.54. The highest BCUT2D eigenvalue weighted by Crippen LogP contribution is 2.40. The molecule has 8 nitrogen and oxygen atoms in total. The standard InChI is InChI=1S/C25H23N3O5/c1-32-23-10-20-21(11-24(23)33-14-16-6-15(13-29)7-18(8-16)27-31)26-12-19-9-17-4-2-3-5-22(17)28(19)25(20)30/h2-8,10-11,19,26,29H,9,12-14H2,1H3/t19-/m0/s1. The minimum Gasteiger partial charge on any atom is -0.493 e. The summed E-state index contributed by atoms with van der Waals surface area (Å²) in [5.41, 5.74) is 4.81. The minimum atomic E-state index is -0.203. The summed E-state index contributed by atoms with van der Waals surface area (Å²) in [5, 5.41) is 15.8. The van der Waals surface area contributed by atoms with E-state index in [0.717, 1.165) is 12.1 Å². The second-order valence-corrected chi connectivity index (χ2v) is 8.14. The molecule has 0 bridgehead atoms. The second kappa shape index (κ2) is 8.55. The van der Waals surface area contributed by atoms with E-state index in [0.29, 0.717) is 40.4 Å². The van der Waals surface area contributed by atoms with Gasteiger partial charge in [0, 0.05) is 18.3 Å². The van der Waals surface area contributed by atoms with Gasteiger partial charge in [-0.2, -0.15) is 0 Å². The molecule has 0 radical (unpaired) electrons. The third kappa shape index (κ3) is 3.78. The number of aliphatic hydroxyl groups excluding tert-OH is 1. The summed E-state index contributed by atoms with van der Waals surface area (Å²) in [7, 11) is 1.53. The lowest BCUT2D eigenvalue weighted by Crippen LogP contribution is -2.39. The summed E-state index contributed by atoms with van der Waals surface area (Å²) in [6.45, 7) is 0.555. The van der Waals surface area contributed by atoms with Crippen LogP contribution in [0.25, 0.3) is 0 Å². The van der Waals surface area contributed by atoms with Crippen LogP contribution >= 0.6 is 0 Å². The van der Waals surface area contributed by atoms with E-state index >= 15 is 0 Å². The molecular weight excluding hydrogens is 422 g/mol. The number of nitrogens with one attached hydrogen (secondary N) is 1. The molecule has 8 heteroatoms. The Morgan fingerprint density at radius 1 is 1.12 bits per heavy atom. The SMILES string of the molecule is COc1cc2c(cc1OCc1cc(CO)cc(N=O)c1)NC[C@@H]1Cc3ccccc3N1C2=O. The molecule has 33 heavy (non-hydrogen) atoms. The number of para-hydroxylation sites is 1. The highest BCUT2D eigenvalue weighted by Gasteiger charge is 2.37. The maximum absolute atomic E-state index is 13.5. The fraction of sp³-hybridized carbons (Fsp3) is 0.240. The summed E-state index contributed by atoms with van der Waals surface area (Å²) in [6.07, 6.45) is 0.803. The van der Waals surface area contributed by atoms with Crippen LogP contribution in [0.4, 0.5) is 17.1 Å². The van der Waals surface area contributed by atoms with Crippen molar-refractivity contribution < 1.29 is 19.4 Å². The van der Waals surface area contributed by atoms with Gasteiger partial charge in [0.2, 0.25) is 0 Å². The zero-order chi connectivity index (χ0) is 22.9. The number of carbonyl (C=O) groups excluding carboxylic acids is 1. The van der Waals surface area contributed by atoms with Crippen molar-refractivity contribution in [1.29, 1.82) is 0 Å². The van der Waals surface area contributed by atoms with E-state index in [-0.39, 0.29) is 30.9 Å². The van der Waals surface area contributed by atoms with Crippen molar-refractivity contribution in [2.45, 2.75) is 25.7 Å². The Morgan fingerprint density at radius 3 is 2.73 bits per heavy atom. The summed E-state index contributed by atoms with van der Waals surface area (Å²) < 4.78 is 11.5. The van der Waals surface area contributed by atoms with Gasteiger partial charge in [-0.25, -0.2) is 0 Å². The van der Waals surface area contributed by atoms with Crippen LogP contribution in [0.15, 0.2) is 59.8 Å². The minimum absolute atomic E-state index is 0.0353. The van der Waals surface area contributed by atoms with E-state index < -0.39 is 0 Å². The van der Waals surface area contributed by atoms with E-state index in [1.807, 2.05) is 23.1 Å². The Bertz CT molecular complexity index is 1240. The van der Waals surface area contributed by atoms with Gasteiger partial charge in [0.1, 0.15) is 12.3 Å². The normalized spacial score (nSPS) is 16.2. The van der Waals surface area contributed by atoms with Crippen LogP contribution in [0.2, 0.25) is 0 Å². The van der Waals surface area contributed by atoms with Crippen molar-refractivity contribution in [3.8, 4) is 11.5 Å². The summed E-state index contributed by atoms with van der Waals surface area (Å²) in [6, 6.07) is 16.4. The number of nitrogens with zero attached hydrogens (tertiary/aromatic N) is 2. The molecule has 2 aliphatic rings. The number of methoxy groups -OCH3 is 1. The zero-order valence-corrected chi connectivity index (χ0v) is 18.1. The number of ether oxygens (including phenoxy) is 2. The molecule has 0 aliphatic carbocycles. The molecule has 2 heterocycles. The van der Waals surface area contributed by atoms with Gasteiger partial charge in [0.05, 0.1) is 31.0 Å². The van der Waals surface area contributed by atoms with Crippen molar-refractivity contribution in [2.24, 2.45) is 5.18 Å². The monoisotopic (exact) mass is 445 g/mol. The third-order valence-electron chi connectivity index (χ3n) is 6.07. The van der Waals surface area contributed by atoms with Crippen molar-refractivity contribution >= 4 is 23.0 Å². The smallest absolute Gasteiger partial charge is 0.260 e. The van der Waals surface area contributed by atoms with Gasteiger partial charge < -0.3 is 24.8 Å². The first-order valence-electron chi connectivity index (χ1n) is 10.7. The number of nitroso groups, excluding NO2 is 1. The molecule has 1 amide bonds. The molecule has 1 atom stereocenters. The quantitative estimate of drug-likeness (QED) is 0.553. The number of amides is 1. The highest BCUT2D eigenvalue weighted by molar-refractivity contribution is 6.12. The Balaban J connectivity index is 1.45. The molecule has 0 fully saturated rings. The van der Waals surface area contributed by atoms with Crippen molar-refractivity contribution in [2.75, 3.05) is 23.9 Å². The highest BCUT2D eigenvalue weighted by atomic mass is 16.5. The lowest BCUT2D eigenvalue weighted by molar-refractivity contribution is 0.0983. The summed E-state index contributed by atoms with van der Waals surface area (Å²) >= 11 is 0. The van der Waals surface area contributed by atoms with Crippen LogP contribution in [-0.2, 0) is 19.6 Å². The van der Waals surface area contributed by atoms with Gasteiger partial charge >= 0.3 is 0 Å². The van der Waals surface area contributed by atoms with Crippen LogP contribution in [-0.4, -0.2) is 30.7 Å².